The van der Waals surface area contributed by atoms with Crippen molar-refractivity contribution >= 4 is 33.6 Å². The van der Waals surface area contributed by atoms with Gasteiger partial charge in [-0.2, -0.15) is 0 Å². The van der Waals surface area contributed by atoms with Crippen molar-refractivity contribution in [2.45, 2.75) is 19.5 Å². The quantitative estimate of drug-likeness (QED) is 0.757. The Morgan fingerprint density at radius 2 is 2.05 bits per heavy atom. The zero-order valence-corrected chi connectivity index (χ0v) is 13.4. The fraction of sp³-hybridized carbons (Fsp3) is 0.214. The Hall–Kier alpha value is -2.35. The Morgan fingerprint density at radius 1 is 1.36 bits per heavy atom. The van der Waals surface area contributed by atoms with E-state index in [1.165, 1.54) is 10.8 Å². The first-order valence-corrected chi connectivity index (χ1v) is 7.31. The molecule has 116 valence electrons. The highest BCUT2D eigenvalue weighted by Gasteiger charge is 2.16. The molecule has 0 radical (unpaired) electrons. The van der Waals surface area contributed by atoms with Crippen molar-refractivity contribution in [2.24, 2.45) is 0 Å². The number of imidazole rings is 1. The van der Waals surface area contributed by atoms with E-state index in [9.17, 15) is 9.59 Å². The van der Waals surface area contributed by atoms with Crippen molar-refractivity contribution in [3.63, 3.8) is 0 Å². The first-order chi connectivity index (χ1) is 10.5. The Bertz CT molecular complexity index is 669. The van der Waals surface area contributed by atoms with E-state index < -0.39 is 12.0 Å². The number of carboxylic acid groups (broad SMARTS) is 1. The number of benzene rings is 1. The summed E-state index contributed by atoms with van der Waals surface area (Å²) in [6.07, 6.45) is 3.07. The van der Waals surface area contributed by atoms with Crippen LogP contribution in [0.5, 0.6) is 0 Å². The molecule has 0 aliphatic rings. The third kappa shape index (κ3) is 4.32. The molecule has 8 heteroatoms. The van der Waals surface area contributed by atoms with Crippen molar-refractivity contribution in [2.75, 3.05) is 5.32 Å². The van der Waals surface area contributed by atoms with Crippen LogP contribution in [0.2, 0.25) is 0 Å². The molecule has 0 saturated heterocycles. The molecule has 1 atom stereocenters. The maximum absolute atomic E-state index is 11.9. The van der Waals surface area contributed by atoms with Crippen LogP contribution in [0.1, 0.15) is 18.8 Å². The summed E-state index contributed by atoms with van der Waals surface area (Å²) in [5.41, 5.74) is 0.654. The van der Waals surface area contributed by atoms with Crippen LogP contribution in [0.25, 0.3) is 0 Å². The molecular formula is C14H15BrN4O3. The number of nitrogens with one attached hydrogen (secondary N) is 2. The Balaban J connectivity index is 1.98. The monoisotopic (exact) mass is 366 g/mol. The standard InChI is InChI=1S/C14H15BrN4O3/c1-9(13-16-6-7-19(13)8-12(20)21)17-14(22)18-11-4-2-10(15)3-5-11/h2-7,9H,8H2,1H3,(H,20,21)(H2,17,18,22)/t9-/m0/s1. The van der Waals surface area contributed by atoms with Crippen LogP contribution in [0.15, 0.2) is 41.1 Å². The molecular weight excluding hydrogens is 352 g/mol. The summed E-state index contributed by atoms with van der Waals surface area (Å²) < 4.78 is 2.40. The lowest BCUT2D eigenvalue weighted by Gasteiger charge is -2.15. The number of halogens is 1. The van der Waals surface area contributed by atoms with Gasteiger partial charge in [0.2, 0.25) is 0 Å². The zero-order chi connectivity index (χ0) is 16.1. The molecule has 0 aliphatic heterocycles. The lowest BCUT2D eigenvalue weighted by atomic mass is 10.3. The lowest BCUT2D eigenvalue weighted by Crippen LogP contribution is -2.32. The highest BCUT2D eigenvalue weighted by molar-refractivity contribution is 9.10. The van der Waals surface area contributed by atoms with Gasteiger partial charge in [-0.1, -0.05) is 15.9 Å². The van der Waals surface area contributed by atoms with Crippen LogP contribution >= 0.6 is 15.9 Å². The summed E-state index contributed by atoms with van der Waals surface area (Å²) in [5, 5.41) is 14.3. The minimum atomic E-state index is -0.967. The largest absolute Gasteiger partial charge is 0.480 e. The Kier molecular flexibility index (Phi) is 5.16. The predicted molar refractivity (Wildman–Crippen MR) is 84.6 cm³/mol. The first-order valence-electron chi connectivity index (χ1n) is 6.51. The van der Waals surface area contributed by atoms with E-state index in [0.29, 0.717) is 11.5 Å². The van der Waals surface area contributed by atoms with Crippen LogP contribution in [0.3, 0.4) is 0 Å². The summed E-state index contributed by atoms with van der Waals surface area (Å²) in [7, 11) is 0. The van der Waals surface area contributed by atoms with Gasteiger partial charge >= 0.3 is 12.0 Å². The number of amides is 2. The Morgan fingerprint density at radius 3 is 2.68 bits per heavy atom. The van der Waals surface area contributed by atoms with Crippen molar-refractivity contribution < 1.29 is 14.7 Å². The number of aliphatic carboxylic acids is 1. The fourth-order valence-corrected chi connectivity index (χ4v) is 2.21. The molecule has 0 aliphatic carbocycles. The van der Waals surface area contributed by atoms with Gasteiger partial charge in [0, 0.05) is 22.6 Å². The molecule has 1 heterocycles. The zero-order valence-electron chi connectivity index (χ0n) is 11.8. The van der Waals surface area contributed by atoms with Crippen LogP contribution in [-0.2, 0) is 11.3 Å². The van der Waals surface area contributed by atoms with Gasteiger partial charge in [0.1, 0.15) is 12.4 Å². The molecule has 0 spiro atoms. The van der Waals surface area contributed by atoms with E-state index in [1.807, 2.05) is 12.1 Å². The van der Waals surface area contributed by atoms with Gasteiger partial charge in [-0.05, 0) is 31.2 Å². The second kappa shape index (κ2) is 7.08. The van der Waals surface area contributed by atoms with E-state index in [1.54, 1.807) is 25.3 Å². The molecule has 0 saturated carbocycles. The number of aromatic nitrogens is 2. The number of carbonyl (C=O) groups excluding carboxylic acids is 1. The van der Waals surface area contributed by atoms with Crippen LogP contribution in [0.4, 0.5) is 10.5 Å². The van der Waals surface area contributed by atoms with Crippen molar-refractivity contribution in [3.8, 4) is 0 Å². The number of carboxylic acids is 1. The topological polar surface area (TPSA) is 96.3 Å². The van der Waals surface area contributed by atoms with Crippen LogP contribution < -0.4 is 10.6 Å². The third-order valence-corrected chi connectivity index (χ3v) is 3.42. The predicted octanol–water partition coefficient (Wildman–Crippen LogP) is 2.61. The molecule has 0 fully saturated rings. The summed E-state index contributed by atoms with van der Waals surface area (Å²) in [6, 6.07) is 6.35. The molecule has 1 aromatic heterocycles. The van der Waals surface area contributed by atoms with Gasteiger partial charge in [-0.15, -0.1) is 0 Å². The smallest absolute Gasteiger partial charge is 0.323 e. The average Bonchev–Trinajstić information content (AvgIpc) is 2.88. The number of hydrogen-bond acceptors (Lipinski definition) is 3. The first kappa shape index (κ1) is 16.0. The van der Waals surface area contributed by atoms with Crippen molar-refractivity contribution in [1.29, 1.82) is 0 Å². The number of anilines is 1. The molecule has 22 heavy (non-hydrogen) atoms. The van der Waals surface area contributed by atoms with Gasteiger partial charge in [0.25, 0.3) is 0 Å². The van der Waals surface area contributed by atoms with Gasteiger partial charge in [0.05, 0.1) is 6.04 Å². The summed E-state index contributed by atoms with van der Waals surface area (Å²) in [5.74, 6) is -0.487. The number of carbonyl (C=O) groups is 2. The Labute approximate surface area is 135 Å². The summed E-state index contributed by atoms with van der Waals surface area (Å²) >= 11 is 3.32. The number of rotatable bonds is 5. The molecule has 2 amide bonds. The highest BCUT2D eigenvalue weighted by atomic mass is 79.9. The molecule has 0 bridgehead atoms. The number of urea groups is 1. The lowest BCUT2D eigenvalue weighted by molar-refractivity contribution is -0.137. The summed E-state index contributed by atoms with van der Waals surface area (Å²) in [6.45, 7) is 1.54. The van der Waals surface area contributed by atoms with E-state index in [2.05, 4.69) is 31.5 Å². The van der Waals surface area contributed by atoms with E-state index in [0.717, 1.165) is 4.47 Å². The highest BCUT2D eigenvalue weighted by Crippen LogP contribution is 2.15. The molecule has 2 rings (SSSR count). The van der Waals surface area contributed by atoms with Gasteiger partial charge < -0.3 is 20.3 Å². The second-order valence-corrected chi connectivity index (χ2v) is 5.55. The molecule has 1 aromatic carbocycles. The van der Waals surface area contributed by atoms with Crippen LogP contribution in [0, 0.1) is 0 Å². The maximum atomic E-state index is 11.9. The fourth-order valence-electron chi connectivity index (χ4n) is 1.94. The van der Waals surface area contributed by atoms with Gasteiger partial charge in [0.15, 0.2) is 0 Å². The molecule has 7 nitrogen and oxygen atoms in total. The van der Waals surface area contributed by atoms with Crippen molar-refractivity contribution in [1.82, 2.24) is 14.9 Å². The van der Waals surface area contributed by atoms with Crippen LogP contribution in [-0.4, -0.2) is 26.7 Å². The molecule has 2 aromatic rings. The van der Waals surface area contributed by atoms with Gasteiger partial charge in [-0.25, -0.2) is 9.78 Å². The minimum absolute atomic E-state index is 0.199. The third-order valence-electron chi connectivity index (χ3n) is 2.89. The molecule has 3 N–H and O–H groups in total. The maximum Gasteiger partial charge on any atom is 0.323 e. The number of nitrogens with zero attached hydrogens (tertiary/aromatic N) is 2. The van der Waals surface area contributed by atoms with E-state index in [-0.39, 0.29) is 12.6 Å². The normalized spacial score (nSPS) is 11.7. The number of hydrogen-bond donors (Lipinski definition) is 3. The van der Waals surface area contributed by atoms with Gasteiger partial charge in [-0.3, -0.25) is 4.79 Å². The molecule has 0 unspecified atom stereocenters. The SMILES string of the molecule is C[C@H](NC(=O)Nc1ccc(Br)cc1)c1nccn1CC(=O)O. The van der Waals surface area contributed by atoms with Crippen molar-refractivity contribution in [3.05, 3.63) is 47.0 Å². The van der Waals surface area contributed by atoms with E-state index >= 15 is 0 Å². The average molecular weight is 367 g/mol. The van der Waals surface area contributed by atoms with E-state index in [4.69, 9.17) is 5.11 Å². The second-order valence-electron chi connectivity index (χ2n) is 4.63. The summed E-state index contributed by atoms with van der Waals surface area (Å²) in [4.78, 5) is 26.8. The minimum Gasteiger partial charge on any atom is -0.480 e.